The molecule has 0 bridgehead atoms. The van der Waals surface area contributed by atoms with Crippen molar-refractivity contribution >= 4 is 55.6 Å². The van der Waals surface area contributed by atoms with Crippen molar-refractivity contribution in [2.24, 2.45) is 0 Å². The van der Waals surface area contributed by atoms with E-state index in [1.165, 1.54) is 17.8 Å². The molecule has 3 aliphatic rings. The number of carbonyl (C=O) groups excluding carboxylic acids is 1. The first-order chi connectivity index (χ1) is 14.4. The molecule has 0 atom stereocenters. The molecule has 7 nitrogen and oxygen atoms in total. The van der Waals surface area contributed by atoms with Crippen molar-refractivity contribution in [3.63, 3.8) is 0 Å². The van der Waals surface area contributed by atoms with E-state index in [1.807, 2.05) is 23.1 Å². The van der Waals surface area contributed by atoms with Crippen molar-refractivity contribution in [3.8, 4) is 16.2 Å². The van der Waals surface area contributed by atoms with Gasteiger partial charge in [0.05, 0.1) is 10.4 Å². The summed E-state index contributed by atoms with van der Waals surface area (Å²) in [6.07, 6.45) is 5.32. The highest BCUT2D eigenvalue weighted by Crippen LogP contribution is 2.50. The fraction of sp³-hybridized carbons (Fsp3) is 0.381. The molecule has 0 saturated heterocycles. The van der Waals surface area contributed by atoms with Crippen LogP contribution >= 0.6 is 22.7 Å². The zero-order valence-electron chi connectivity index (χ0n) is 16.3. The first kappa shape index (κ1) is 20.6. The van der Waals surface area contributed by atoms with Crippen LogP contribution in [0, 0.1) is 0 Å². The Balaban J connectivity index is 1.85. The first-order valence-electron chi connectivity index (χ1n) is 9.73. The number of hydrogen-bond acceptors (Lipinski definition) is 6. The van der Waals surface area contributed by atoms with Gasteiger partial charge in [0.1, 0.15) is 0 Å². The number of nitrogens with zero attached hydrogens (tertiary/aromatic N) is 1. The van der Waals surface area contributed by atoms with Gasteiger partial charge < -0.3 is 19.8 Å². The molecule has 2 heterocycles. The van der Waals surface area contributed by atoms with Gasteiger partial charge in [0.2, 0.25) is 5.91 Å². The standard InChI is InChI=1S/C21H21NO6S2/c1-11(23)22(13-5-3-2-4-6-13)15-8-7-12-9-14-17(19(12)30-15)18(28-10-16(24)25)20(29-14)21(26)27/h7-9,13H,2-6,10H2,1H3,(H,24,25)(H,26,27). The summed E-state index contributed by atoms with van der Waals surface area (Å²) < 4.78 is 6.13. The summed E-state index contributed by atoms with van der Waals surface area (Å²) in [6.45, 7) is 0.950. The Morgan fingerprint density at radius 1 is 1.13 bits per heavy atom. The summed E-state index contributed by atoms with van der Waals surface area (Å²) in [5.74, 6) is -2.26. The number of carbonyl (C=O) groups is 3. The van der Waals surface area contributed by atoms with Gasteiger partial charge in [-0.2, -0.15) is 0 Å². The lowest BCUT2D eigenvalue weighted by atomic mass is 9.94. The minimum atomic E-state index is -1.18. The molecule has 158 valence electrons. The van der Waals surface area contributed by atoms with Crippen molar-refractivity contribution < 1.29 is 29.3 Å². The number of fused-ring (bicyclic) bond motifs is 3. The van der Waals surface area contributed by atoms with Gasteiger partial charge in [-0.05, 0) is 30.5 Å². The van der Waals surface area contributed by atoms with Crippen molar-refractivity contribution in [1.29, 1.82) is 0 Å². The van der Waals surface area contributed by atoms with Crippen molar-refractivity contribution in [3.05, 3.63) is 23.1 Å². The SMILES string of the molecule is CC(=O)N(c1ccc2cc3sc(C(=O)O)c(OCC(=O)O)c3c-2s1)C1CCCCC1. The second-order valence-corrected chi connectivity index (χ2v) is 9.45. The van der Waals surface area contributed by atoms with E-state index in [9.17, 15) is 19.5 Å². The average Bonchev–Trinajstić information content (AvgIpc) is 3.23. The molecule has 4 rings (SSSR count). The Bertz CT molecular complexity index is 1090. The number of ether oxygens (including phenoxy) is 1. The number of hydrogen-bond donors (Lipinski definition) is 2. The molecule has 2 aliphatic carbocycles. The average molecular weight is 448 g/mol. The molecule has 1 saturated carbocycles. The lowest BCUT2D eigenvalue weighted by Gasteiger charge is -2.33. The number of aliphatic carboxylic acids is 1. The van der Waals surface area contributed by atoms with Gasteiger partial charge in [-0.3, -0.25) is 4.79 Å². The Hall–Kier alpha value is -2.65. The maximum absolute atomic E-state index is 12.5. The molecule has 0 spiro atoms. The van der Waals surface area contributed by atoms with E-state index in [0.29, 0.717) is 5.39 Å². The van der Waals surface area contributed by atoms with E-state index in [1.54, 1.807) is 6.92 Å². The molecule has 9 heteroatoms. The maximum atomic E-state index is 12.5. The summed E-state index contributed by atoms with van der Waals surface area (Å²) in [5, 5.41) is 19.9. The topological polar surface area (TPSA) is 104 Å². The van der Waals surface area contributed by atoms with Gasteiger partial charge >= 0.3 is 11.9 Å². The van der Waals surface area contributed by atoms with Crippen LogP contribution in [0.25, 0.3) is 20.5 Å². The molecule has 0 radical (unpaired) electrons. The number of aromatic carboxylic acids is 1. The highest BCUT2D eigenvalue weighted by atomic mass is 32.1. The minimum absolute atomic E-state index is 0.0146. The maximum Gasteiger partial charge on any atom is 0.349 e. The minimum Gasteiger partial charge on any atom is -0.479 e. The molecule has 30 heavy (non-hydrogen) atoms. The number of rotatable bonds is 6. The quantitative estimate of drug-likeness (QED) is 0.556. The van der Waals surface area contributed by atoms with Crippen LogP contribution in [0.3, 0.4) is 0 Å². The van der Waals surface area contributed by atoms with E-state index in [-0.39, 0.29) is 22.6 Å². The highest BCUT2D eigenvalue weighted by molar-refractivity contribution is 7.24. The van der Waals surface area contributed by atoms with Gasteiger partial charge in [-0.15, -0.1) is 22.7 Å². The third-order valence-electron chi connectivity index (χ3n) is 5.33. The van der Waals surface area contributed by atoms with Crippen LogP contribution in [0.2, 0.25) is 0 Å². The van der Waals surface area contributed by atoms with Crippen molar-refractivity contribution in [1.82, 2.24) is 0 Å². The Morgan fingerprint density at radius 3 is 2.50 bits per heavy atom. The summed E-state index contributed by atoms with van der Waals surface area (Å²) in [7, 11) is 0. The van der Waals surface area contributed by atoms with Crippen LogP contribution < -0.4 is 9.64 Å². The number of anilines is 1. The van der Waals surface area contributed by atoms with Gasteiger partial charge in [0.15, 0.2) is 17.2 Å². The summed E-state index contributed by atoms with van der Waals surface area (Å²) in [6, 6.07) is 5.90. The second-order valence-electron chi connectivity index (χ2n) is 7.37. The predicted octanol–water partition coefficient (Wildman–Crippen LogP) is 4.91. The smallest absolute Gasteiger partial charge is 0.349 e. The Labute approximate surface area is 180 Å². The van der Waals surface area contributed by atoms with Crippen LogP contribution in [-0.4, -0.2) is 40.7 Å². The van der Waals surface area contributed by atoms with Gasteiger partial charge in [-0.1, -0.05) is 25.3 Å². The lowest BCUT2D eigenvalue weighted by Crippen LogP contribution is -2.40. The molecular formula is C21H21NO6S2. The second kappa shape index (κ2) is 8.23. The number of amides is 1. The van der Waals surface area contributed by atoms with Gasteiger partial charge in [-0.25, -0.2) is 9.59 Å². The third-order valence-corrected chi connectivity index (χ3v) is 7.62. The fourth-order valence-corrected chi connectivity index (χ4v) is 6.49. The predicted molar refractivity (Wildman–Crippen MR) is 116 cm³/mol. The summed E-state index contributed by atoms with van der Waals surface area (Å²) >= 11 is 2.48. The van der Waals surface area contributed by atoms with Crippen LogP contribution in [0.1, 0.15) is 48.7 Å². The first-order valence-corrected chi connectivity index (χ1v) is 11.4. The zero-order chi connectivity index (χ0) is 21.4. The molecule has 2 N–H and O–H groups in total. The number of thiophene rings is 1. The van der Waals surface area contributed by atoms with Crippen LogP contribution in [0.4, 0.5) is 5.00 Å². The monoisotopic (exact) mass is 447 g/mol. The largest absolute Gasteiger partial charge is 0.479 e. The molecular weight excluding hydrogens is 426 g/mol. The van der Waals surface area contributed by atoms with E-state index in [2.05, 4.69) is 0 Å². The van der Waals surface area contributed by atoms with Crippen LogP contribution in [0.5, 0.6) is 5.75 Å². The molecule has 1 fully saturated rings. The lowest BCUT2D eigenvalue weighted by molar-refractivity contribution is -0.139. The number of carboxylic acid groups (broad SMARTS) is 2. The van der Waals surface area contributed by atoms with Crippen molar-refractivity contribution in [2.75, 3.05) is 11.5 Å². The van der Waals surface area contributed by atoms with Crippen LogP contribution in [-0.2, 0) is 9.59 Å². The summed E-state index contributed by atoms with van der Waals surface area (Å²) in [4.78, 5) is 37.8. The fourth-order valence-electron chi connectivity index (χ4n) is 4.11. The van der Waals surface area contributed by atoms with Gasteiger partial charge in [0, 0.05) is 22.5 Å². The molecule has 1 aromatic heterocycles. The molecule has 1 aliphatic heterocycles. The molecule has 0 unspecified atom stereocenters. The Morgan fingerprint density at radius 2 is 1.87 bits per heavy atom. The zero-order valence-corrected chi connectivity index (χ0v) is 18.0. The van der Waals surface area contributed by atoms with Gasteiger partial charge in [0.25, 0.3) is 0 Å². The highest BCUT2D eigenvalue weighted by Gasteiger charge is 2.29. The third kappa shape index (κ3) is 3.75. The number of carboxylic acids is 2. The van der Waals surface area contributed by atoms with E-state index < -0.39 is 18.5 Å². The summed E-state index contributed by atoms with van der Waals surface area (Å²) in [5.41, 5.74) is 0.911. The molecule has 1 amide bonds. The van der Waals surface area contributed by atoms with E-state index in [4.69, 9.17) is 9.84 Å². The molecule has 1 aromatic rings. The molecule has 0 aromatic carbocycles. The van der Waals surface area contributed by atoms with E-state index in [0.717, 1.165) is 57.2 Å². The Kier molecular flexibility index (Phi) is 5.66. The van der Waals surface area contributed by atoms with E-state index >= 15 is 0 Å². The normalized spacial score (nSPS) is 14.8. The van der Waals surface area contributed by atoms with Crippen LogP contribution in [0.15, 0.2) is 18.2 Å². The van der Waals surface area contributed by atoms with Crippen molar-refractivity contribution in [2.45, 2.75) is 45.1 Å².